The quantitative estimate of drug-likeness (QED) is 0.389. The molecule has 27 heavy (non-hydrogen) atoms. The zero-order valence-electron chi connectivity index (χ0n) is 15.4. The largest absolute Gasteiger partial charge is 0.462 e. The Balaban J connectivity index is 1.73. The number of aromatic nitrogens is 3. The number of aryl methyl sites for hydroxylation is 2. The number of hydrogen-bond donors (Lipinski definition) is 1. The predicted molar refractivity (Wildman–Crippen MR) is 103 cm³/mol. The van der Waals surface area contributed by atoms with Crippen LogP contribution in [0.4, 0.5) is 5.82 Å². The topological polar surface area (TPSA) is 104 Å². The van der Waals surface area contributed by atoms with Gasteiger partial charge in [0.25, 0.3) is 0 Å². The van der Waals surface area contributed by atoms with E-state index in [1.807, 2.05) is 38.1 Å². The highest BCUT2D eigenvalue weighted by Crippen LogP contribution is 2.28. The average Bonchev–Trinajstić information content (AvgIpc) is 3.01. The molecule has 140 valence electrons. The number of nitrogen functional groups attached to an aromatic ring is 1. The van der Waals surface area contributed by atoms with Crippen molar-refractivity contribution in [1.82, 2.24) is 15.0 Å². The summed E-state index contributed by atoms with van der Waals surface area (Å²) >= 11 is 1.37. The molecule has 0 unspecified atom stereocenters. The van der Waals surface area contributed by atoms with E-state index in [-0.39, 0.29) is 18.0 Å². The first kappa shape index (κ1) is 18.9. The maximum absolute atomic E-state index is 11.8. The molecule has 1 aromatic carbocycles. The maximum Gasteiger partial charge on any atom is 0.343 e. The van der Waals surface area contributed by atoms with Gasteiger partial charge in [0, 0.05) is 17.5 Å². The van der Waals surface area contributed by atoms with Gasteiger partial charge in [-0.15, -0.1) is 0 Å². The fourth-order valence-corrected chi connectivity index (χ4v) is 3.26. The molecular weight excluding hydrogens is 364 g/mol. The van der Waals surface area contributed by atoms with E-state index in [9.17, 15) is 4.79 Å². The Hall–Kier alpha value is -2.87. The summed E-state index contributed by atoms with van der Waals surface area (Å²) < 4.78 is 10.7. The number of oxazole rings is 1. The molecule has 0 aliphatic heterocycles. The predicted octanol–water partition coefficient (Wildman–Crippen LogP) is 3.80. The second-order valence-corrected chi connectivity index (χ2v) is 6.74. The third-order valence-electron chi connectivity index (χ3n) is 3.90. The molecule has 0 saturated carbocycles. The zero-order valence-corrected chi connectivity index (χ0v) is 16.2. The lowest BCUT2D eigenvalue weighted by atomic mass is 10.1. The third-order valence-corrected chi connectivity index (χ3v) is 4.77. The van der Waals surface area contributed by atoms with E-state index >= 15 is 0 Å². The van der Waals surface area contributed by atoms with Crippen molar-refractivity contribution in [3.63, 3.8) is 0 Å². The molecule has 0 spiro atoms. The molecule has 7 nitrogen and oxygen atoms in total. The van der Waals surface area contributed by atoms with Crippen molar-refractivity contribution < 1.29 is 13.9 Å². The number of rotatable bonds is 6. The number of benzene rings is 1. The first-order chi connectivity index (χ1) is 13.0. The summed E-state index contributed by atoms with van der Waals surface area (Å²) in [6, 6.07) is 7.94. The number of hydrogen-bond acceptors (Lipinski definition) is 8. The normalized spacial score (nSPS) is 10.8. The van der Waals surface area contributed by atoms with Gasteiger partial charge in [-0.1, -0.05) is 30.0 Å². The highest BCUT2D eigenvalue weighted by atomic mass is 32.2. The fraction of sp³-hybridized carbons (Fsp3) is 0.263. The molecule has 3 rings (SSSR count). The number of anilines is 1. The van der Waals surface area contributed by atoms with E-state index in [0.29, 0.717) is 16.8 Å². The Bertz CT molecular complexity index is 971. The number of thioether (sulfide) groups is 1. The van der Waals surface area contributed by atoms with Crippen molar-refractivity contribution in [3.05, 3.63) is 53.0 Å². The summed E-state index contributed by atoms with van der Waals surface area (Å²) in [6.45, 7) is 5.89. The molecule has 0 atom stereocenters. The van der Waals surface area contributed by atoms with Gasteiger partial charge in [-0.25, -0.2) is 19.7 Å². The number of carbonyl (C=O) groups excluding carboxylic acids is 1. The lowest BCUT2D eigenvalue weighted by molar-refractivity contribution is 0.0526. The number of nitrogens with zero attached hydrogens (tertiary/aromatic N) is 3. The first-order valence-corrected chi connectivity index (χ1v) is 9.43. The smallest absolute Gasteiger partial charge is 0.343 e. The first-order valence-electron chi connectivity index (χ1n) is 8.44. The highest BCUT2D eigenvalue weighted by molar-refractivity contribution is 7.98. The maximum atomic E-state index is 11.8. The minimum atomic E-state index is -0.526. The second-order valence-electron chi connectivity index (χ2n) is 5.80. The van der Waals surface area contributed by atoms with Gasteiger partial charge in [0.05, 0.1) is 12.3 Å². The molecule has 0 saturated heterocycles. The molecule has 8 heteroatoms. The molecule has 3 aromatic rings. The van der Waals surface area contributed by atoms with Crippen molar-refractivity contribution in [3.8, 4) is 11.5 Å². The number of ether oxygens (including phenoxy) is 1. The summed E-state index contributed by atoms with van der Waals surface area (Å²) in [7, 11) is 0. The molecule has 0 amide bonds. The van der Waals surface area contributed by atoms with Crippen molar-refractivity contribution in [2.24, 2.45) is 0 Å². The van der Waals surface area contributed by atoms with Crippen LogP contribution in [0, 0.1) is 13.8 Å². The van der Waals surface area contributed by atoms with E-state index in [1.165, 1.54) is 18.0 Å². The summed E-state index contributed by atoms with van der Waals surface area (Å²) in [5.74, 6) is 1.45. The lowest BCUT2D eigenvalue weighted by Crippen LogP contribution is -2.10. The SMILES string of the molecule is CCOC(=O)c1cnc(SCc2nc(-c3ccccc3C)oc2C)nc1N. The Labute approximate surface area is 161 Å². The van der Waals surface area contributed by atoms with Crippen LogP contribution in [0.15, 0.2) is 40.0 Å². The van der Waals surface area contributed by atoms with Crippen LogP contribution in [-0.2, 0) is 10.5 Å². The standard InChI is InChI=1S/C19H20N4O3S/c1-4-25-18(24)14-9-21-19(23-16(14)20)27-10-15-12(3)26-17(22-15)13-8-6-5-7-11(13)2/h5-9H,4,10H2,1-3H3,(H2,20,21,23). The Morgan fingerprint density at radius 3 is 2.74 bits per heavy atom. The molecule has 2 heterocycles. The molecule has 2 aromatic heterocycles. The zero-order chi connectivity index (χ0) is 19.4. The minimum absolute atomic E-state index is 0.100. The van der Waals surface area contributed by atoms with Crippen LogP contribution in [0.1, 0.15) is 34.3 Å². The van der Waals surface area contributed by atoms with Crippen LogP contribution in [0.25, 0.3) is 11.5 Å². The van der Waals surface area contributed by atoms with Crippen molar-refractivity contribution in [1.29, 1.82) is 0 Å². The third kappa shape index (κ3) is 4.28. The van der Waals surface area contributed by atoms with Gasteiger partial charge in [0.2, 0.25) is 5.89 Å². The summed E-state index contributed by atoms with van der Waals surface area (Å²) in [5.41, 5.74) is 8.90. The molecular formula is C19H20N4O3S. The van der Waals surface area contributed by atoms with Gasteiger partial charge >= 0.3 is 5.97 Å². The van der Waals surface area contributed by atoms with Crippen molar-refractivity contribution in [2.75, 3.05) is 12.3 Å². The molecule has 0 fully saturated rings. The Morgan fingerprint density at radius 2 is 2.04 bits per heavy atom. The van der Waals surface area contributed by atoms with Crippen LogP contribution in [0.5, 0.6) is 0 Å². The van der Waals surface area contributed by atoms with Gasteiger partial charge in [-0.05, 0) is 32.4 Å². The minimum Gasteiger partial charge on any atom is -0.462 e. The molecule has 0 radical (unpaired) electrons. The van der Waals surface area contributed by atoms with Crippen LogP contribution in [0.2, 0.25) is 0 Å². The molecule has 0 aliphatic rings. The highest BCUT2D eigenvalue weighted by Gasteiger charge is 2.16. The second kappa shape index (κ2) is 8.22. The van der Waals surface area contributed by atoms with Crippen molar-refractivity contribution in [2.45, 2.75) is 31.7 Å². The average molecular weight is 384 g/mol. The summed E-state index contributed by atoms with van der Waals surface area (Å²) in [5, 5.41) is 0.459. The van der Waals surface area contributed by atoms with Gasteiger partial charge in [0.15, 0.2) is 5.16 Å². The van der Waals surface area contributed by atoms with Crippen LogP contribution in [0.3, 0.4) is 0 Å². The Morgan fingerprint density at radius 1 is 1.26 bits per heavy atom. The summed E-state index contributed by atoms with van der Waals surface area (Å²) in [4.78, 5) is 24.7. The number of nitrogens with two attached hydrogens (primary N) is 1. The van der Waals surface area contributed by atoms with E-state index < -0.39 is 5.97 Å². The van der Waals surface area contributed by atoms with E-state index in [0.717, 1.165) is 22.6 Å². The molecule has 0 aliphatic carbocycles. The van der Waals surface area contributed by atoms with Crippen molar-refractivity contribution >= 4 is 23.5 Å². The number of carbonyl (C=O) groups is 1. The van der Waals surface area contributed by atoms with Crippen LogP contribution < -0.4 is 5.73 Å². The van der Waals surface area contributed by atoms with Gasteiger partial charge in [0.1, 0.15) is 17.1 Å². The van der Waals surface area contributed by atoms with Crippen LogP contribution in [-0.4, -0.2) is 27.5 Å². The van der Waals surface area contributed by atoms with Gasteiger partial charge in [-0.3, -0.25) is 0 Å². The fourth-order valence-electron chi connectivity index (χ4n) is 2.44. The molecule has 0 bridgehead atoms. The van der Waals surface area contributed by atoms with Gasteiger partial charge < -0.3 is 14.9 Å². The summed E-state index contributed by atoms with van der Waals surface area (Å²) in [6.07, 6.45) is 1.39. The Kier molecular flexibility index (Phi) is 5.75. The molecule has 2 N–H and O–H groups in total. The number of esters is 1. The van der Waals surface area contributed by atoms with Gasteiger partial charge in [-0.2, -0.15) is 0 Å². The van der Waals surface area contributed by atoms with E-state index in [1.54, 1.807) is 6.92 Å². The lowest BCUT2D eigenvalue weighted by Gasteiger charge is -2.05. The van der Waals surface area contributed by atoms with Crippen LogP contribution >= 0.6 is 11.8 Å². The van der Waals surface area contributed by atoms with E-state index in [4.69, 9.17) is 14.9 Å². The monoisotopic (exact) mass is 384 g/mol. The van der Waals surface area contributed by atoms with E-state index in [2.05, 4.69) is 15.0 Å².